The normalized spacial score (nSPS) is 17.8. The predicted octanol–water partition coefficient (Wildman–Crippen LogP) is -2.32. The van der Waals surface area contributed by atoms with E-state index in [4.69, 9.17) is 22.9 Å². The first-order valence-electron chi connectivity index (χ1n) is 23.8. The number of carbonyl (C=O) groups excluding carboxylic acids is 8. The van der Waals surface area contributed by atoms with Gasteiger partial charge in [0.25, 0.3) is 0 Å². The summed E-state index contributed by atoms with van der Waals surface area (Å²) in [7, 11) is 0. The largest absolute Gasteiger partial charge is 0.480 e. The molecule has 17 N–H and O–H groups in total. The average Bonchev–Trinajstić information content (AvgIpc) is 3.79. The number of carboxylic acids is 1. The molecule has 1 saturated heterocycles. The van der Waals surface area contributed by atoms with Crippen molar-refractivity contribution in [2.75, 3.05) is 31.6 Å². The fourth-order valence-corrected chi connectivity index (χ4v) is 8.42. The molecule has 1 fully saturated rings. The third kappa shape index (κ3) is 21.7. The molecule has 1 rings (SSSR count). The van der Waals surface area contributed by atoms with Crippen molar-refractivity contribution in [1.82, 2.24) is 42.1 Å². The van der Waals surface area contributed by atoms with Crippen molar-refractivity contribution in [3.8, 4) is 0 Å². The zero-order chi connectivity index (χ0) is 54.3. The summed E-state index contributed by atoms with van der Waals surface area (Å²) in [6.45, 7) is 12.9. The maximum Gasteiger partial charge on any atom is 0.327 e. The number of carboxylic acid groups (broad SMARTS) is 1. The number of carbonyl (C=O) groups is 9. The van der Waals surface area contributed by atoms with Crippen LogP contribution in [0.5, 0.6) is 0 Å². The molecule has 0 spiro atoms. The number of aliphatic hydroxyl groups is 1. The number of hydrogen-bond donors (Lipinski definition) is 13. The molecule has 0 aliphatic carbocycles. The fourth-order valence-electron chi connectivity index (χ4n) is 7.45. The second-order valence-corrected chi connectivity index (χ2v) is 20.4. The molecule has 406 valence electrons. The van der Waals surface area contributed by atoms with Crippen LogP contribution in [-0.4, -0.2) is 172 Å². The van der Waals surface area contributed by atoms with Crippen LogP contribution < -0.4 is 60.2 Å². The summed E-state index contributed by atoms with van der Waals surface area (Å²) < 4.78 is 13.8. The van der Waals surface area contributed by atoms with Crippen molar-refractivity contribution < 1.29 is 57.2 Å². The molecule has 1 aliphatic rings. The minimum atomic E-state index is -1.72. The quantitative estimate of drug-likeness (QED) is 0.0191. The molecule has 71 heavy (non-hydrogen) atoms. The van der Waals surface area contributed by atoms with E-state index in [9.17, 15) is 57.2 Å². The molecule has 0 saturated carbocycles. The van der Waals surface area contributed by atoms with Gasteiger partial charge >= 0.3 is 5.97 Å². The van der Waals surface area contributed by atoms with Gasteiger partial charge in [0.1, 0.15) is 48.3 Å². The molecule has 24 nitrogen and oxygen atoms in total. The van der Waals surface area contributed by atoms with E-state index in [1.165, 1.54) is 30.5 Å². The van der Waals surface area contributed by atoms with Crippen molar-refractivity contribution in [2.45, 2.75) is 166 Å². The molecule has 27 heteroatoms. The maximum atomic E-state index is 14.0. The summed E-state index contributed by atoms with van der Waals surface area (Å²) in [6.07, 6.45) is 0.989. The van der Waals surface area contributed by atoms with Gasteiger partial charge in [-0.15, -0.1) is 0 Å². The molecular weight excluding hydrogens is 970 g/mol. The zero-order valence-electron chi connectivity index (χ0n) is 42.3. The summed E-state index contributed by atoms with van der Waals surface area (Å²) in [6, 6.07) is -11.6. The van der Waals surface area contributed by atoms with Gasteiger partial charge in [0.2, 0.25) is 47.3 Å². The second-order valence-electron chi connectivity index (χ2n) is 18.7. The minimum Gasteiger partial charge on any atom is -0.480 e. The van der Waals surface area contributed by atoms with Crippen molar-refractivity contribution in [3.63, 3.8) is 0 Å². The number of rotatable bonds is 32. The first-order chi connectivity index (χ1) is 33.2. The highest BCUT2D eigenvalue weighted by molar-refractivity contribution is 7.98. The summed E-state index contributed by atoms with van der Waals surface area (Å²) in [5.74, 6) is -8.41. The first-order valence-corrected chi connectivity index (χ1v) is 26.0. The van der Waals surface area contributed by atoms with Gasteiger partial charge < -0.3 is 75.3 Å². The Labute approximate surface area is 424 Å². The molecule has 0 bridgehead atoms. The Hall–Kier alpha value is -4.99. The van der Waals surface area contributed by atoms with E-state index in [1.54, 1.807) is 41.5 Å². The van der Waals surface area contributed by atoms with E-state index in [0.717, 1.165) is 0 Å². The van der Waals surface area contributed by atoms with Crippen molar-refractivity contribution in [1.29, 1.82) is 0 Å². The number of aliphatic carboxylic acids is 1. The Morgan fingerprint density at radius 2 is 1.25 bits per heavy atom. The lowest BCUT2D eigenvalue weighted by Crippen LogP contribution is -2.62. The number of guanidine groups is 1. The molecule has 1 heterocycles. The van der Waals surface area contributed by atoms with E-state index in [1.807, 2.05) is 6.26 Å². The zero-order valence-corrected chi connectivity index (χ0v) is 44.0. The highest BCUT2D eigenvalue weighted by atomic mass is 32.2. The number of amides is 8. The summed E-state index contributed by atoms with van der Waals surface area (Å²) >= 11 is 1.23. The molecule has 1 aliphatic heterocycles. The van der Waals surface area contributed by atoms with Gasteiger partial charge in [0.15, 0.2) is 5.96 Å². The Balaban J connectivity index is 3.35. The Morgan fingerprint density at radius 3 is 1.76 bits per heavy atom. The van der Waals surface area contributed by atoms with Crippen LogP contribution in [0.25, 0.3) is 0 Å². The maximum absolute atomic E-state index is 14.0. The third-order valence-corrected chi connectivity index (χ3v) is 13.2. The topological polar surface area (TPSA) is 398 Å². The van der Waals surface area contributed by atoms with Crippen LogP contribution in [0.4, 0.5) is 3.89 Å². The van der Waals surface area contributed by atoms with Gasteiger partial charge in [-0.3, -0.25) is 43.3 Å². The van der Waals surface area contributed by atoms with E-state index < -0.39 is 125 Å². The lowest BCUT2D eigenvalue weighted by Gasteiger charge is -2.30. The standard InChI is InChI=1S/C44H80FN13O11S2/c1-21(2)20-29(38(63)52-27(14-16-46)37(62)57-33(43(68)69)34(71-45)23(5)6)55-41(66)32(25(8)59)56-36(61)26(12-10-17-50-44(48)49)53-39(64)30-13-11-18-58(30)42(67)24(7)51-35(60)28(15-19-70-9)54-40(65)31(47)22(3)4/h21-34,59H,10-20,46-47H2,1-9H3,(H,51,60)(H,52,63)(H,53,64)(H,54,65)(H,55,66)(H,56,61)(H,57,62)(H,68,69)(H4,48,49,50)/t24-,25+,26-,27-,28-,29-,30-,31-,32-,33-,34?/m0/s1. The average molecular weight is 1050 g/mol. The highest BCUT2D eigenvalue weighted by Crippen LogP contribution is 2.24. The van der Waals surface area contributed by atoms with Crippen LogP contribution in [-0.2, 0) is 43.2 Å². The Bertz CT molecular complexity index is 1830. The number of nitrogens with two attached hydrogens (primary N) is 4. The van der Waals surface area contributed by atoms with Gasteiger partial charge in [-0.1, -0.05) is 41.5 Å². The number of aliphatic hydroxyl groups excluding tert-OH is 1. The van der Waals surface area contributed by atoms with Crippen LogP contribution in [0, 0.1) is 17.8 Å². The number of halogens is 1. The van der Waals surface area contributed by atoms with Crippen LogP contribution in [0.3, 0.4) is 0 Å². The molecule has 0 aromatic rings. The van der Waals surface area contributed by atoms with Crippen LogP contribution in [0.2, 0.25) is 0 Å². The molecule has 1 unspecified atom stereocenters. The molecule has 0 aromatic heterocycles. The van der Waals surface area contributed by atoms with Gasteiger partial charge in [-0.25, -0.2) is 4.79 Å². The third-order valence-electron chi connectivity index (χ3n) is 11.6. The minimum absolute atomic E-state index is 0.00871. The van der Waals surface area contributed by atoms with Gasteiger partial charge in [-0.2, -0.15) is 15.6 Å². The van der Waals surface area contributed by atoms with Gasteiger partial charge in [0.05, 0.1) is 29.5 Å². The van der Waals surface area contributed by atoms with Crippen LogP contribution in [0.1, 0.15) is 100 Å². The smallest absolute Gasteiger partial charge is 0.327 e. The molecular formula is C44H80FN13O11S2. The number of hydrogen-bond acceptors (Lipinski definition) is 15. The monoisotopic (exact) mass is 1050 g/mol. The number of nitrogens with zero attached hydrogens (tertiary/aromatic N) is 2. The fraction of sp³-hybridized carbons (Fsp3) is 0.773. The Kier molecular flexibility index (Phi) is 29.0. The van der Waals surface area contributed by atoms with Gasteiger partial charge in [-0.05, 0) is 95.1 Å². The molecule has 11 atom stereocenters. The van der Waals surface area contributed by atoms with Gasteiger partial charge in [0, 0.05) is 13.1 Å². The SMILES string of the molecule is CSCC[C@H](NC(=O)[C@@H](N)C(C)C)C(=O)N[C@@H](C)C(=O)N1CCC[C@H]1C(=O)N[C@@H](CCCN=C(N)N)C(=O)N[C@H](C(=O)N[C@@H](CC(C)C)C(=O)N[C@@H](CCN)C(=O)N[C@H](C(=O)O)C(SF)C(C)C)[C@@H](C)O. The Morgan fingerprint density at radius 1 is 0.718 bits per heavy atom. The lowest BCUT2D eigenvalue weighted by molar-refractivity contribution is -0.142. The van der Waals surface area contributed by atoms with Crippen molar-refractivity contribution in [3.05, 3.63) is 0 Å². The first kappa shape index (κ1) is 64.0. The van der Waals surface area contributed by atoms with Crippen molar-refractivity contribution >= 4 is 83.1 Å². The number of likely N-dealkylation sites (tertiary alicyclic amines) is 1. The number of aliphatic imine (C=N–C) groups is 1. The summed E-state index contributed by atoms with van der Waals surface area (Å²) in [5.41, 5.74) is 22.7. The van der Waals surface area contributed by atoms with Crippen LogP contribution in [0.15, 0.2) is 4.99 Å². The highest BCUT2D eigenvalue weighted by Gasteiger charge is 2.40. The number of nitrogens with one attached hydrogen (secondary N) is 7. The van der Waals surface area contributed by atoms with E-state index in [0.29, 0.717) is 12.2 Å². The molecule has 8 amide bonds. The second kappa shape index (κ2) is 32.2. The van der Waals surface area contributed by atoms with E-state index in [2.05, 4.69) is 42.2 Å². The lowest BCUT2D eigenvalue weighted by atomic mass is 10.0. The summed E-state index contributed by atoms with van der Waals surface area (Å²) in [4.78, 5) is 126. The van der Waals surface area contributed by atoms with E-state index in [-0.39, 0.29) is 88.1 Å². The molecule has 0 aromatic carbocycles. The van der Waals surface area contributed by atoms with Crippen molar-refractivity contribution in [2.24, 2.45) is 45.7 Å². The summed E-state index contributed by atoms with van der Waals surface area (Å²) in [5, 5.41) is 37.2. The van der Waals surface area contributed by atoms with E-state index >= 15 is 0 Å². The van der Waals surface area contributed by atoms with Crippen LogP contribution >= 0.6 is 23.9 Å². The predicted molar refractivity (Wildman–Crippen MR) is 269 cm³/mol. The molecule has 0 radical (unpaired) electrons. The number of thioether (sulfide) groups is 1.